The van der Waals surface area contributed by atoms with Gasteiger partial charge in [-0.05, 0) is 39.8 Å². The molecule has 0 saturated heterocycles. The lowest BCUT2D eigenvalue weighted by Gasteiger charge is -2.10. The van der Waals surface area contributed by atoms with Gasteiger partial charge in [0.1, 0.15) is 11.5 Å². The molecule has 3 aromatic rings. The van der Waals surface area contributed by atoms with Crippen molar-refractivity contribution in [2.24, 2.45) is 0 Å². The quantitative estimate of drug-likeness (QED) is 0.615. The molecule has 0 aliphatic heterocycles. The van der Waals surface area contributed by atoms with E-state index in [1.807, 2.05) is 39.1 Å². The van der Waals surface area contributed by atoms with Gasteiger partial charge < -0.3 is 14.5 Å². The average molecular weight is 413 g/mol. The van der Waals surface area contributed by atoms with E-state index in [2.05, 4.69) is 10.4 Å². The number of aryl methyl sites for hydroxylation is 2. The van der Waals surface area contributed by atoms with Gasteiger partial charge in [-0.3, -0.25) is 10.1 Å². The van der Waals surface area contributed by atoms with Crippen molar-refractivity contribution in [3.05, 3.63) is 35.4 Å². The van der Waals surface area contributed by atoms with Gasteiger partial charge in [-0.15, -0.1) is 0 Å². The summed E-state index contributed by atoms with van der Waals surface area (Å²) in [5.74, 6) is -0.0831. The molecule has 0 saturated carbocycles. The number of amides is 3. The van der Waals surface area contributed by atoms with E-state index in [9.17, 15) is 14.4 Å². The summed E-state index contributed by atoms with van der Waals surface area (Å²) in [6, 6.07) is 2.75. The van der Waals surface area contributed by atoms with E-state index in [0.29, 0.717) is 22.5 Å². The Morgan fingerprint density at radius 1 is 1.23 bits per heavy atom. The van der Waals surface area contributed by atoms with Crippen LogP contribution in [0.2, 0.25) is 0 Å². The van der Waals surface area contributed by atoms with Gasteiger partial charge in [-0.25, -0.2) is 19.3 Å². The molecular weight excluding hydrogens is 390 g/mol. The molecule has 0 fully saturated rings. The van der Waals surface area contributed by atoms with Gasteiger partial charge >= 0.3 is 12.0 Å². The highest BCUT2D eigenvalue weighted by Gasteiger charge is 2.22. The van der Waals surface area contributed by atoms with E-state index in [4.69, 9.17) is 14.1 Å². The summed E-state index contributed by atoms with van der Waals surface area (Å²) in [5.41, 5.74) is 2.01. The van der Waals surface area contributed by atoms with Crippen molar-refractivity contribution in [3.8, 4) is 11.3 Å². The van der Waals surface area contributed by atoms with Crippen LogP contribution in [0, 0.1) is 13.8 Å². The van der Waals surface area contributed by atoms with E-state index < -0.39 is 24.5 Å². The molecule has 3 rings (SSSR count). The average Bonchev–Trinajstić information content (AvgIpc) is 3.27. The number of pyridine rings is 1. The van der Waals surface area contributed by atoms with E-state index in [-0.39, 0.29) is 11.6 Å². The largest absolute Gasteiger partial charge is 0.466 e. The third-order valence-electron chi connectivity index (χ3n) is 4.41. The highest BCUT2D eigenvalue weighted by atomic mass is 16.5. The summed E-state index contributed by atoms with van der Waals surface area (Å²) in [5, 5.41) is 9.12. The van der Waals surface area contributed by atoms with Crippen LogP contribution in [0.15, 0.2) is 22.7 Å². The minimum atomic E-state index is -0.743. The molecular formula is C20H23N5O5. The smallest absolute Gasteiger partial charge is 0.339 e. The molecule has 10 heteroatoms. The first-order valence-corrected chi connectivity index (χ1v) is 9.35. The summed E-state index contributed by atoms with van der Waals surface area (Å²) in [6.07, 6.45) is 1.54. The molecule has 10 nitrogen and oxygen atoms in total. The van der Waals surface area contributed by atoms with E-state index in [0.717, 1.165) is 11.3 Å². The van der Waals surface area contributed by atoms with Gasteiger partial charge in [0.2, 0.25) is 0 Å². The Labute approximate surface area is 172 Å². The molecule has 30 heavy (non-hydrogen) atoms. The highest BCUT2D eigenvalue weighted by Crippen LogP contribution is 2.30. The molecule has 0 radical (unpaired) electrons. The first-order valence-electron chi connectivity index (χ1n) is 9.35. The van der Waals surface area contributed by atoms with Crippen LogP contribution in [-0.4, -0.2) is 46.3 Å². The van der Waals surface area contributed by atoms with Crippen LogP contribution in [0.3, 0.4) is 0 Å². The van der Waals surface area contributed by atoms with Crippen LogP contribution in [0.25, 0.3) is 22.3 Å². The number of imide groups is 1. The van der Waals surface area contributed by atoms with E-state index in [1.54, 1.807) is 16.9 Å². The van der Waals surface area contributed by atoms with Gasteiger partial charge in [0.05, 0.1) is 22.8 Å². The number of carbonyl (C=O) groups is 3. The Morgan fingerprint density at radius 3 is 2.57 bits per heavy atom. The second-order valence-electron chi connectivity index (χ2n) is 7.01. The number of hydrogen-bond donors (Lipinski definition) is 2. The molecule has 0 atom stereocenters. The zero-order valence-electron chi connectivity index (χ0n) is 17.4. The predicted octanol–water partition coefficient (Wildman–Crippen LogP) is 2.50. The monoisotopic (exact) mass is 413 g/mol. The molecule has 3 amide bonds. The molecule has 2 N–H and O–H groups in total. The van der Waals surface area contributed by atoms with Crippen molar-refractivity contribution in [1.29, 1.82) is 0 Å². The van der Waals surface area contributed by atoms with Crippen LogP contribution in [0.5, 0.6) is 0 Å². The molecule has 0 spiro atoms. The highest BCUT2D eigenvalue weighted by molar-refractivity contribution is 6.05. The second-order valence-corrected chi connectivity index (χ2v) is 7.01. The molecule has 0 unspecified atom stereocenters. The summed E-state index contributed by atoms with van der Waals surface area (Å²) in [4.78, 5) is 40.4. The summed E-state index contributed by atoms with van der Waals surface area (Å²) < 4.78 is 12.4. The van der Waals surface area contributed by atoms with Crippen LogP contribution < -0.4 is 10.6 Å². The van der Waals surface area contributed by atoms with Gasteiger partial charge in [-0.1, -0.05) is 0 Å². The molecule has 0 aliphatic carbocycles. The number of esters is 1. The van der Waals surface area contributed by atoms with Crippen LogP contribution in [-0.2, 0) is 9.53 Å². The molecule has 0 bridgehead atoms. The van der Waals surface area contributed by atoms with Crippen molar-refractivity contribution in [2.45, 2.75) is 33.7 Å². The van der Waals surface area contributed by atoms with Crippen molar-refractivity contribution in [1.82, 2.24) is 25.4 Å². The Balaban J connectivity index is 2.00. The number of hydrogen-bond acceptors (Lipinski definition) is 7. The van der Waals surface area contributed by atoms with Gasteiger partial charge in [0.25, 0.3) is 5.91 Å². The number of rotatable bonds is 5. The third-order valence-corrected chi connectivity index (χ3v) is 4.41. The summed E-state index contributed by atoms with van der Waals surface area (Å²) in [6.45, 7) is 6.95. The van der Waals surface area contributed by atoms with Gasteiger partial charge in [0, 0.05) is 18.7 Å². The minimum absolute atomic E-state index is 0.0136. The maximum atomic E-state index is 12.8. The van der Waals surface area contributed by atoms with Crippen molar-refractivity contribution in [2.75, 3.05) is 13.7 Å². The SMILES string of the molecule is CNC(=O)NC(=O)COC(=O)c1cc(-c2cc(C)oc2C)nc2c1cnn2C(C)C. The molecule has 3 aromatic heterocycles. The number of carbonyl (C=O) groups excluding carboxylic acids is 3. The Bertz CT molecular complexity index is 1130. The van der Waals surface area contributed by atoms with Crippen molar-refractivity contribution in [3.63, 3.8) is 0 Å². The fourth-order valence-electron chi connectivity index (χ4n) is 3.02. The van der Waals surface area contributed by atoms with E-state index in [1.165, 1.54) is 7.05 Å². The normalized spacial score (nSPS) is 11.0. The van der Waals surface area contributed by atoms with Crippen LogP contribution >= 0.6 is 0 Å². The zero-order valence-corrected chi connectivity index (χ0v) is 17.4. The van der Waals surface area contributed by atoms with Crippen LogP contribution in [0.4, 0.5) is 4.79 Å². The maximum absolute atomic E-state index is 12.8. The fourth-order valence-corrected chi connectivity index (χ4v) is 3.02. The lowest BCUT2D eigenvalue weighted by Crippen LogP contribution is -2.39. The number of furan rings is 1. The topological polar surface area (TPSA) is 128 Å². The van der Waals surface area contributed by atoms with E-state index >= 15 is 0 Å². The first-order chi connectivity index (χ1) is 14.2. The second kappa shape index (κ2) is 8.36. The lowest BCUT2D eigenvalue weighted by molar-refractivity contribution is -0.123. The Morgan fingerprint density at radius 2 is 1.97 bits per heavy atom. The Kier molecular flexibility index (Phi) is 5.86. The number of nitrogens with zero attached hydrogens (tertiary/aromatic N) is 3. The van der Waals surface area contributed by atoms with Gasteiger partial charge in [-0.2, -0.15) is 5.10 Å². The molecule has 0 aromatic carbocycles. The third kappa shape index (κ3) is 4.17. The number of ether oxygens (including phenoxy) is 1. The number of urea groups is 1. The molecule has 3 heterocycles. The van der Waals surface area contributed by atoms with Crippen molar-refractivity contribution < 1.29 is 23.5 Å². The summed E-state index contributed by atoms with van der Waals surface area (Å²) in [7, 11) is 1.37. The number of fused-ring (bicyclic) bond motifs is 1. The fraction of sp³-hybridized carbons (Fsp3) is 0.350. The van der Waals surface area contributed by atoms with Crippen LogP contribution in [0.1, 0.15) is 41.8 Å². The standard InChI is InChI=1S/C20H23N5O5/c1-10(2)25-18-15(8-22-25)14(19(27)29-9-17(26)24-20(28)21-5)7-16(23-18)13-6-11(3)30-12(13)4/h6-8,10H,9H2,1-5H3,(H2,21,24,26,28). The maximum Gasteiger partial charge on any atom is 0.339 e. The first kappa shape index (κ1) is 21.0. The lowest BCUT2D eigenvalue weighted by atomic mass is 10.1. The van der Waals surface area contributed by atoms with Gasteiger partial charge in [0.15, 0.2) is 12.3 Å². The van der Waals surface area contributed by atoms with Crippen molar-refractivity contribution >= 4 is 28.9 Å². The Hall–Kier alpha value is -3.69. The molecule has 158 valence electrons. The number of aromatic nitrogens is 3. The minimum Gasteiger partial charge on any atom is -0.466 e. The zero-order chi connectivity index (χ0) is 22.0. The number of nitrogens with one attached hydrogen (secondary N) is 2. The molecule has 0 aliphatic rings. The predicted molar refractivity (Wildman–Crippen MR) is 108 cm³/mol. The summed E-state index contributed by atoms with van der Waals surface area (Å²) >= 11 is 0.